The molecule has 0 aliphatic carbocycles. The first kappa shape index (κ1) is 22.4. The van der Waals surface area contributed by atoms with Crippen molar-refractivity contribution in [3.05, 3.63) is 29.7 Å². The summed E-state index contributed by atoms with van der Waals surface area (Å²) in [5.41, 5.74) is 1.77. The summed E-state index contributed by atoms with van der Waals surface area (Å²) in [7, 11) is 0. The van der Waals surface area contributed by atoms with E-state index in [0.717, 1.165) is 16.0 Å². The van der Waals surface area contributed by atoms with Crippen LogP contribution in [0.15, 0.2) is 18.5 Å². The Balaban J connectivity index is 2.48. The molecule has 2 rings (SSSR count). The standard InChI is InChI=1S/C20H27N3O3S2/c1-12-8-15(10-21-9-12)16-22-14(3)18(28-16)23(17(24)13(2)11-27-7)19(25)26-20(4,5)6/h8-10,13H,11H2,1-7H3. The molecule has 0 aliphatic heterocycles. The molecule has 152 valence electrons. The highest BCUT2D eigenvalue weighted by atomic mass is 32.2. The van der Waals surface area contributed by atoms with Gasteiger partial charge in [0.2, 0.25) is 5.91 Å². The predicted octanol–water partition coefficient (Wildman–Crippen LogP) is 5.09. The second-order valence-corrected chi connectivity index (χ2v) is 9.56. The molecule has 0 saturated carbocycles. The highest BCUT2D eigenvalue weighted by Gasteiger charge is 2.34. The van der Waals surface area contributed by atoms with Crippen LogP contribution in [0.3, 0.4) is 0 Å². The van der Waals surface area contributed by atoms with E-state index in [0.29, 0.717) is 21.5 Å². The fourth-order valence-corrected chi connectivity index (χ4v) is 4.20. The summed E-state index contributed by atoms with van der Waals surface area (Å²) in [4.78, 5) is 35.9. The Morgan fingerprint density at radius 3 is 2.54 bits per heavy atom. The monoisotopic (exact) mass is 421 g/mol. The fourth-order valence-electron chi connectivity index (χ4n) is 2.51. The Kier molecular flexibility index (Phi) is 7.22. The lowest BCUT2D eigenvalue weighted by Gasteiger charge is -2.27. The molecule has 1 atom stereocenters. The van der Waals surface area contributed by atoms with E-state index < -0.39 is 11.7 Å². The maximum atomic E-state index is 13.1. The Morgan fingerprint density at radius 2 is 1.96 bits per heavy atom. The number of hydrogen-bond donors (Lipinski definition) is 0. The van der Waals surface area contributed by atoms with Crippen LogP contribution in [-0.4, -0.2) is 39.6 Å². The van der Waals surface area contributed by atoms with E-state index in [1.54, 1.807) is 51.9 Å². The summed E-state index contributed by atoms with van der Waals surface area (Å²) in [6, 6.07) is 1.98. The largest absolute Gasteiger partial charge is 0.443 e. The molecule has 2 aromatic heterocycles. The molecule has 0 fully saturated rings. The first-order valence-corrected chi connectivity index (χ1v) is 11.2. The minimum atomic E-state index is -0.708. The third-order valence-corrected chi connectivity index (χ3v) is 5.76. The molecule has 0 radical (unpaired) electrons. The van der Waals surface area contributed by atoms with E-state index >= 15 is 0 Å². The van der Waals surface area contributed by atoms with Crippen molar-refractivity contribution in [3.8, 4) is 10.6 Å². The zero-order valence-electron chi connectivity index (χ0n) is 17.4. The van der Waals surface area contributed by atoms with Crippen LogP contribution >= 0.6 is 23.1 Å². The lowest BCUT2D eigenvalue weighted by Crippen LogP contribution is -2.44. The number of amides is 2. The summed E-state index contributed by atoms with van der Waals surface area (Å²) >= 11 is 2.86. The van der Waals surface area contributed by atoms with Gasteiger partial charge < -0.3 is 4.74 Å². The topological polar surface area (TPSA) is 72.4 Å². The van der Waals surface area contributed by atoms with Crippen molar-refractivity contribution in [2.75, 3.05) is 16.9 Å². The minimum absolute atomic E-state index is 0.288. The smallest absolute Gasteiger partial charge is 0.422 e. The molecule has 2 aromatic rings. The van der Waals surface area contributed by atoms with Gasteiger partial charge in [-0.3, -0.25) is 9.78 Å². The molecule has 0 aromatic carbocycles. The van der Waals surface area contributed by atoms with Gasteiger partial charge in [-0.05, 0) is 52.5 Å². The van der Waals surface area contributed by atoms with Gasteiger partial charge >= 0.3 is 6.09 Å². The van der Waals surface area contributed by atoms with E-state index in [9.17, 15) is 9.59 Å². The third kappa shape index (κ3) is 5.54. The first-order chi connectivity index (χ1) is 13.0. The van der Waals surface area contributed by atoms with Gasteiger partial charge in [0.25, 0.3) is 0 Å². The number of thioether (sulfide) groups is 1. The van der Waals surface area contributed by atoms with Crippen molar-refractivity contribution >= 4 is 40.1 Å². The lowest BCUT2D eigenvalue weighted by molar-refractivity contribution is -0.121. The Morgan fingerprint density at radius 1 is 1.29 bits per heavy atom. The van der Waals surface area contributed by atoms with Crippen LogP contribution in [-0.2, 0) is 9.53 Å². The summed E-state index contributed by atoms with van der Waals surface area (Å²) < 4.78 is 5.52. The highest BCUT2D eigenvalue weighted by Crippen LogP contribution is 2.36. The van der Waals surface area contributed by atoms with Gasteiger partial charge in [0.05, 0.1) is 5.69 Å². The molecule has 0 aliphatic rings. The first-order valence-electron chi connectivity index (χ1n) is 8.99. The van der Waals surface area contributed by atoms with Gasteiger partial charge in [-0.15, -0.1) is 0 Å². The Hall–Kier alpha value is -1.93. The summed E-state index contributed by atoms with van der Waals surface area (Å²) in [5, 5.41) is 1.20. The second-order valence-electron chi connectivity index (χ2n) is 7.67. The van der Waals surface area contributed by atoms with Gasteiger partial charge in [-0.2, -0.15) is 11.8 Å². The zero-order valence-corrected chi connectivity index (χ0v) is 19.0. The number of ether oxygens (including phenoxy) is 1. The maximum Gasteiger partial charge on any atom is 0.422 e. The molecule has 0 N–H and O–H groups in total. The number of aromatic nitrogens is 2. The molecule has 0 bridgehead atoms. The maximum absolute atomic E-state index is 13.1. The molecule has 0 saturated heterocycles. The van der Waals surface area contributed by atoms with Crippen molar-refractivity contribution < 1.29 is 14.3 Å². The second kappa shape index (κ2) is 9.05. The number of aryl methyl sites for hydroxylation is 2. The number of pyridine rings is 1. The van der Waals surface area contributed by atoms with Crippen LogP contribution in [0.25, 0.3) is 10.6 Å². The average molecular weight is 422 g/mol. The van der Waals surface area contributed by atoms with Gasteiger partial charge in [0, 0.05) is 29.6 Å². The summed E-state index contributed by atoms with van der Waals surface area (Å²) in [6.45, 7) is 10.9. The molecule has 6 nitrogen and oxygen atoms in total. The molecule has 8 heteroatoms. The van der Waals surface area contributed by atoms with Crippen LogP contribution in [0.4, 0.5) is 9.80 Å². The lowest BCUT2D eigenvalue weighted by atomic mass is 10.2. The SMILES string of the molecule is CSCC(C)C(=O)N(C(=O)OC(C)(C)C)c1sc(-c2cncc(C)c2)nc1C. The quantitative estimate of drug-likeness (QED) is 0.670. The number of carbonyl (C=O) groups is 2. The van der Waals surface area contributed by atoms with Crippen molar-refractivity contribution in [1.82, 2.24) is 9.97 Å². The normalized spacial score (nSPS) is 12.5. The van der Waals surface area contributed by atoms with Crippen LogP contribution in [0.1, 0.15) is 39.0 Å². The third-order valence-electron chi connectivity index (χ3n) is 3.73. The predicted molar refractivity (Wildman–Crippen MR) is 116 cm³/mol. The van der Waals surface area contributed by atoms with Gasteiger partial charge in [-0.25, -0.2) is 14.7 Å². The van der Waals surface area contributed by atoms with Crippen molar-refractivity contribution in [1.29, 1.82) is 0 Å². The number of rotatable bonds is 5. The highest BCUT2D eigenvalue weighted by molar-refractivity contribution is 7.98. The number of carbonyl (C=O) groups excluding carboxylic acids is 2. The van der Waals surface area contributed by atoms with E-state index in [-0.39, 0.29) is 11.8 Å². The van der Waals surface area contributed by atoms with E-state index in [2.05, 4.69) is 9.97 Å². The van der Waals surface area contributed by atoms with E-state index in [1.807, 2.05) is 26.2 Å². The average Bonchev–Trinajstić information content (AvgIpc) is 2.95. The molecule has 0 spiro atoms. The minimum Gasteiger partial charge on any atom is -0.443 e. The molecule has 2 heterocycles. The van der Waals surface area contributed by atoms with Crippen LogP contribution in [0.5, 0.6) is 0 Å². The summed E-state index contributed by atoms with van der Waals surface area (Å²) in [6.07, 6.45) is 4.75. The fraction of sp³-hybridized carbons (Fsp3) is 0.500. The number of anilines is 1. The van der Waals surface area contributed by atoms with Crippen LogP contribution < -0.4 is 4.90 Å². The molecular formula is C20H27N3O3S2. The van der Waals surface area contributed by atoms with E-state index in [4.69, 9.17) is 4.74 Å². The zero-order chi connectivity index (χ0) is 21.1. The van der Waals surface area contributed by atoms with Crippen molar-refractivity contribution in [3.63, 3.8) is 0 Å². The van der Waals surface area contributed by atoms with E-state index in [1.165, 1.54) is 11.3 Å². The Bertz CT molecular complexity index is 859. The molecule has 1 unspecified atom stereocenters. The van der Waals surface area contributed by atoms with Crippen molar-refractivity contribution in [2.45, 2.75) is 47.1 Å². The summed E-state index contributed by atoms with van der Waals surface area (Å²) in [5.74, 6) is 0.00217. The van der Waals surface area contributed by atoms with Gasteiger partial charge in [0.15, 0.2) is 0 Å². The van der Waals surface area contributed by atoms with Gasteiger partial charge in [0.1, 0.15) is 15.6 Å². The number of imide groups is 1. The van der Waals surface area contributed by atoms with Crippen LogP contribution in [0.2, 0.25) is 0 Å². The van der Waals surface area contributed by atoms with Crippen molar-refractivity contribution in [2.24, 2.45) is 5.92 Å². The molecule has 2 amide bonds. The number of thiazole rings is 1. The number of nitrogens with zero attached hydrogens (tertiary/aromatic N) is 3. The molecule has 28 heavy (non-hydrogen) atoms. The molecular weight excluding hydrogens is 394 g/mol. The number of hydrogen-bond acceptors (Lipinski definition) is 7. The Labute approximate surface area is 174 Å². The van der Waals surface area contributed by atoms with Crippen LogP contribution in [0, 0.1) is 19.8 Å². The van der Waals surface area contributed by atoms with Gasteiger partial charge in [-0.1, -0.05) is 18.3 Å².